The second-order valence-corrected chi connectivity index (χ2v) is 3.16. The van der Waals surface area contributed by atoms with Crippen LogP contribution in [-0.4, -0.2) is 19.3 Å². The number of methoxy groups -OCH3 is 1. The monoisotopic (exact) mass is 143 g/mol. The zero-order chi connectivity index (χ0) is 7.56. The molecule has 1 saturated carbocycles. The van der Waals surface area contributed by atoms with E-state index in [9.17, 15) is 0 Å². The number of ether oxygens (including phenoxy) is 1. The first kappa shape index (κ1) is 8.02. The normalized spacial score (nSPS) is 35.1. The van der Waals surface area contributed by atoms with Gasteiger partial charge in [-0.15, -0.1) is 0 Å². The van der Waals surface area contributed by atoms with E-state index in [1.807, 2.05) is 0 Å². The number of hydrogen-bond donors (Lipinski definition) is 1. The van der Waals surface area contributed by atoms with Gasteiger partial charge in [0, 0.05) is 13.2 Å². The molecule has 2 N–H and O–H groups in total. The van der Waals surface area contributed by atoms with E-state index >= 15 is 0 Å². The van der Waals surface area contributed by atoms with E-state index in [1.165, 1.54) is 12.8 Å². The molecule has 0 heterocycles. The van der Waals surface area contributed by atoms with E-state index in [2.05, 4.69) is 6.92 Å². The van der Waals surface area contributed by atoms with Gasteiger partial charge in [0.05, 0.1) is 6.10 Å². The van der Waals surface area contributed by atoms with Gasteiger partial charge in [-0.05, 0) is 25.2 Å². The standard InChI is InChI=1S/C8H17NO/c1-3-8(9)6-4-7(5-6)10-2/h6-8H,3-5,9H2,1-2H3. The maximum atomic E-state index is 5.84. The molecular weight excluding hydrogens is 126 g/mol. The molecule has 0 aromatic heterocycles. The SMILES string of the molecule is CCC(N)C1CC(OC)C1. The molecule has 0 aliphatic heterocycles. The first-order valence-electron chi connectivity index (χ1n) is 4.06. The van der Waals surface area contributed by atoms with Crippen molar-refractivity contribution >= 4 is 0 Å². The van der Waals surface area contributed by atoms with E-state index in [4.69, 9.17) is 10.5 Å². The summed E-state index contributed by atoms with van der Waals surface area (Å²) >= 11 is 0. The van der Waals surface area contributed by atoms with Gasteiger partial charge in [-0.1, -0.05) is 6.92 Å². The van der Waals surface area contributed by atoms with Crippen molar-refractivity contribution in [2.45, 2.75) is 38.3 Å². The maximum Gasteiger partial charge on any atom is 0.0577 e. The molecule has 1 atom stereocenters. The molecule has 2 heteroatoms. The van der Waals surface area contributed by atoms with Crippen LogP contribution in [0.15, 0.2) is 0 Å². The van der Waals surface area contributed by atoms with Crippen LogP contribution in [0.25, 0.3) is 0 Å². The molecule has 1 aliphatic rings. The van der Waals surface area contributed by atoms with Crippen LogP contribution < -0.4 is 5.73 Å². The van der Waals surface area contributed by atoms with Crippen LogP contribution in [-0.2, 0) is 4.74 Å². The Bertz CT molecular complexity index is 99.4. The van der Waals surface area contributed by atoms with Crippen LogP contribution >= 0.6 is 0 Å². The molecule has 1 fully saturated rings. The summed E-state index contributed by atoms with van der Waals surface area (Å²) in [4.78, 5) is 0. The van der Waals surface area contributed by atoms with Crippen molar-refractivity contribution in [3.63, 3.8) is 0 Å². The molecule has 0 radical (unpaired) electrons. The minimum absolute atomic E-state index is 0.409. The van der Waals surface area contributed by atoms with Crippen molar-refractivity contribution in [2.24, 2.45) is 11.7 Å². The Kier molecular flexibility index (Phi) is 2.69. The summed E-state index contributed by atoms with van der Waals surface area (Å²) in [5.41, 5.74) is 5.84. The Labute approximate surface area is 62.7 Å². The molecule has 2 nitrogen and oxygen atoms in total. The summed E-state index contributed by atoms with van der Waals surface area (Å²) in [5.74, 6) is 0.731. The highest BCUT2D eigenvalue weighted by Crippen LogP contribution is 2.32. The molecule has 0 aromatic rings. The van der Waals surface area contributed by atoms with E-state index in [0.717, 1.165) is 12.3 Å². The van der Waals surface area contributed by atoms with Crippen LogP contribution in [0.2, 0.25) is 0 Å². The van der Waals surface area contributed by atoms with Crippen molar-refractivity contribution in [2.75, 3.05) is 7.11 Å². The first-order chi connectivity index (χ1) is 4.77. The van der Waals surface area contributed by atoms with Gasteiger partial charge in [0.1, 0.15) is 0 Å². The van der Waals surface area contributed by atoms with Gasteiger partial charge >= 0.3 is 0 Å². The Morgan fingerprint density at radius 1 is 1.60 bits per heavy atom. The van der Waals surface area contributed by atoms with E-state index < -0.39 is 0 Å². The van der Waals surface area contributed by atoms with Crippen molar-refractivity contribution in [1.29, 1.82) is 0 Å². The maximum absolute atomic E-state index is 5.84. The first-order valence-corrected chi connectivity index (χ1v) is 4.06. The van der Waals surface area contributed by atoms with Crippen LogP contribution in [0, 0.1) is 5.92 Å². The molecule has 1 aliphatic carbocycles. The Hall–Kier alpha value is -0.0800. The predicted molar refractivity (Wildman–Crippen MR) is 41.8 cm³/mol. The lowest BCUT2D eigenvalue weighted by molar-refractivity contribution is -0.00780. The highest BCUT2D eigenvalue weighted by atomic mass is 16.5. The minimum atomic E-state index is 0.409. The molecule has 1 unspecified atom stereocenters. The van der Waals surface area contributed by atoms with Crippen LogP contribution in [0.5, 0.6) is 0 Å². The molecule has 0 aromatic carbocycles. The average molecular weight is 143 g/mol. The summed E-state index contributed by atoms with van der Waals surface area (Å²) < 4.78 is 5.16. The minimum Gasteiger partial charge on any atom is -0.381 e. The molecule has 0 spiro atoms. The third-order valence-electron chi connectivity index (χ3n) is 2.54. The van der Waals surface area contributed by atoms with Gasteiger partial charge < -0.3 is 10.5 Å². The molecular formula is C8H17NO. The fraction of sp³-hybridized carbons (Fsp3) is 1.00. The van der Waals surface area contributed by atoms with Gasteiger partial charge in [-0.25, -0.2) is 0 Å². The lowest BCUT2D eigenvalue weighted by atomic mass is 9.77. The smallest absolute Gasteiger partial charge is 0.0577 e. The summed E-state index contributed by atoms with van der Waals surface area (Å²) in [6, 6.07) is 0.409. The van der Waals surface area contributed by atoms with E-state index in [1.54, 1.807) is 7.11 Å². The van der Waals surface area contributed by atoms with Gasteiger partial charge in [-0.3, -0.25) is 0 Å². The molecule has 60 valence electrons. The fourth-order valence-corrected chi connectivity index (χ4v) is 1.48. The second kappa shape index (κ2) is 3.35. The third-order valence-corrected chi connectivity index (χ3v) is 2.54. The zero-order valence-corrected chi connectivity index (χ0v) is 6.84. The lowest BCUT2D eigenvalue weighted by Crippen LogP contribution is -2.42. The van der Waals surface area contributed by atoms with Crippen molar-refractivity contribution in [3.8, 4) is 0 Å². The predicted octanol–water partition coefficient (Wildman–Crippen LogP) is 1.15. The van der Waals surface area contributed by atoms with Crippen molar-refractivity contribution in [1.82, 2.24) is 0 Å². The van der Waals surface area contributed by atoms with E-state index in [-0.39, 0.29) is 0 Å². The fourth-order valence-electron chi connectivity index (χ4n) is 1.48. The average Bonchev–Trinajstić information content (AvgIpc) is 1.85. The van der Waals surface area contributed by atoms with Crippen LogP contribution in [0.4, 0.5) is 0 Å². The zero-order valence-electron chi connectivity index (χ0n) is 6.84. The van der Waals surface area contributed by atoms with Crippen molar-refractivity contribution in [3.05, 3.63) is 0 Å². The molecule has 10 heavy (non-hydrogen) atoms. The number of nitrogens with two attached hydrogens (primary N) is 1. The summed E-state index contributed by atoms with van der Waals surface area (Å²) in [7, 11) is 1.78. The molecule has 0 saturated heterocycles. The third kappa shape index (κ3) is 1.50. The largest absolute Gasteiger partial charge is 0.381 e. The van der Waals surface area contributed by atoms with E-state index in [0.29, 0.717) is 12.1 Å². The lowest BCUT2D eigenvalue weighted by Gasteiger charge is -2.37. The summed E-state index contributed by atoms with van der Waals surface area (Å²) in [5, 5.41) is 0. The second-order valence-electron chi connectivity index (χ2n) is 3.16. The summed E-state index contributed by atoms with van der Waals surface area (Å²) in [6.07, 6.45) is 3.94. The number of hydrogen-bond acceptors (Lipinski definition) is 2. The summed E-state index contributed by atoms with van der Waals surface area (Å²) in [6.45, 7) is 2.14. The Morgan fingerprint density at radius 3 is 2.60 bits per heavy atom. The van der Waals surface area contributed by atoms with Gasteiger partial charge in [0.2, 0.25) is 0 Å². The topological polar surface area (TPSA) is 35.2 Å². The van der Waals surface area contributed by atoms with Crippen molar-refractivity contribution < 1.29 is 4.74 Å². The highest BCUT2D eigenvalue weighted by molar-refractivity contribution is 4.86. The number of rotatable bonds is 3. The van der Waals surface area contributed by atoms with Crippen LogP contribution in [0.3, 0.4) is 0 Å². The van der Waals surface area contributed by atoms with Gasteiger partial charge in [-0.2, -0.15) is 0 Å². The van der Waals surface area contributed by atoms with Crippen LogP contribution in [0.1, 0.15) is 26.2 Å². The molecule has 0 amide bonds. The Morgan fingerprint density at radius 2 is 2.20 bits per heavy atom. The Balaban J connectivity index is 2.13. The van der Waals surface area contributed by atoms with Gasteiger partial charge in [0.15, 0.2) is 0 Å². The highest BCUT2D eigenvalue weighted by Gasteiger charge is 2.32. The molecule has 1 rings (SSSR count). The molecule has 0 bridgehead atoms. The quantitative estimate of drug-likeness (QED) is 0.643. The van der Waals surface area contributed by atoms with Gasteiger partial charge in [0.25, 0.3) is 0 Å².